The average Bonchev–Trinajstić information content (AvgIpc) is 3.07. The maximum atomic E-state index is 12.8. The lowest BCUT2D eigenvalue weighted by Crippen LogP contribution is -2.29. The van der Waals surface area contributed by atoms with E-state index in [1.54, 1.807) is 10.5 Å². The summed E-state index contributed by atoms with van der Waals surface area (Å²) < 4.78 is 3.74. The molecule has 6 nitrogen and oxygen atoms in total. The molecule has 0 aromatic carbocycles. The number of hydrogen-bond donors (Lipinski definition) is 0. The van der Waals surface area contributed by atoms with Crippen LogP contribution in [-0.4, -0.2) is 57.1 Å². The maximum absolute atomic E-state index is 12.8. The van der Waals surface area contributed by atoms with E-state index in [1.807, 2.05) is 37.7 Å². The van der Waals surface area contributed by atoms with Gasteiger partial charge in [0.15, 0.2) is 12.4 Å². The van der Waals surface area contributed by atoms with Crippen molar-refractivity contribution in [2.45, 2.75) is 31.8 Å². The Kier molecular flexibility index (Phi) is 4.09. The molecule has 0 saturated carbocycles. The molecular formula is C22H24N5O+. The van der Waals surface area contributed by atoms with Gasteiger partial charge in [-0.15, -0.1) is 0 Å². The second-order valence-electron chi connectivity index (χ2n) is 7.95. The lowest BCUT2D eigenvalue weighted by atomic mass is 9.91. The summed E-state index contributed by atoms with van der Waals surface area (Å²) in [6.45, 7) is 4.20. The lowest BCUT2D eigenvalue weighted by Gasteiger charge is -2.29. The SMILES string of the molecule is CC1=NC2C=C(c3cc(=O)n4cc(C5CCN(C)CC5)ccc4n3)C=C[N+]2=C1. The van der Waals surface area contributed by atoms with Gasteiger partial charge in [0.25, 0.3) is 11.7 Å². The standard InChI is InChI=1S/C22H24N5O/c1-15-13-26-10-7-17(11-21(26)23-15)19-12-22(28)27-14-18(3-4-20(27)24-19)16-5-8-25(2)9-6-16/h3-4,7,10-14,16,21H,5-6,8-9H2,1-2H3/q+1. The van der Waals surface area contributed by atoms with Gasteiger partial charge in [-0.05, 0) is 57.5 Å². The molecule has 5 rings (SSSR count). The Hall–Kier alpha value is -2.86. The summed E-state index contributed by atoms with van der Waals surface area (Å²) in [5, 5.41) is 0. The molecule has 2 aromatic heterocycles. The molecule has 0 radical (unpaired) electrons. The topological polar surface area (TPSA) is 53.0 Å². The van der Waals surface area contributed by atoms with Crippen molar-refractivity contribution in [2.24, 2.45) is 4.99 Å². The fourth-order valence-corrected chi connectivity index (χ4v) is 4.26. The molecule has 1 unspecified atom stereocenters. The first-order chi connectivity index (χ1) is 13.6. The Morgan fingerprint density at radius 1 is 1.21 bits per heavy atom. The second kappa shape index (κ2) is 6.63. The minimum absolute atomic E-state index is 0.0351. The number of nitrogens with zero attached hydrogens (tertiary/aromatic N) is 5. The van der Waals surface area contributed by atoms with E-state index in [9.17, 15) is 4.79 Å². The van der Waals surface area contributed by atoms with Crippen LogP contribution in [-0.2, 0) is 0 Å². The number of pyridine rings is 1. The van der Waals surface area contributed by atoms with E-state index >= 15 is 0 Å². The first-order valence-corrected chi connectivity index (χ1v) is 9.86. The van der Waals surface area contributed by atoms with Gasteiger partial charge in [-0.1, -0.05) is 6.07 Å². The zero-order chi connectivity index (χ0) is 19.3. The molecule has 3 aliphatic rings. The van der Waals surface area contributed by atoms with E-state index in [-0.39, 0.29) is 11.7 Å². The number of piperidine rings is 1. The van der Waals surface area contributed by atoms with Crippen molar-refractivity contribution in [1.82, 2.24) is 14.3 Å². The molecule has 6 heteroatoms. The molecule has 0 bridgehead atoms. The molecule has 0 amide bonds. The van der Waals surface area contributed by atoms with Gasteiger partial charge >= 0.3 is 0 Å². The van der Waals surface area contributed by atoms with Crippen LogP contribution in [0.1, 0.15) is 36.9 Å². The van der Waals surface area contributed by atoms with Crippen molar-refractivity contribution < 1.29 is 4.58 Å². The molecule has 1 saturated heterocycles. The third-order valence-corrected chi connectivity index (χ3v) is 5.90. The van der Waals surface area contributed by atoms with E-state index < -0.39 is 0 Å². The number of aliphatic imine (C=N–C) groups is 1. The molecular weight excluding hydrogens is 350 g/mol. The quantitative estimate of drug-likeness (QED) is 0.758. The van der Waals surface area contributed by atoms with Crippen LogP contribution in [0.4, 0.5) is 0 Å². The minimum Gasteiger partial charge on any atom is -0.306 e. The molecule has 142 valence electrons. The zero-order valence-electron chi connectivity index (χ0n) is 16.2. The van der Waals surface area contributed by atoms with Crippen LogP contribution in [0.2, 0.25) is 0 Å². The minimum atomic E-state index is -0.0378. The Morgan fingerprint density at radius 2 is 2.04 bits per heavy atom. The van der Waals surface area contributed by atoms with Crippen LogP contribution < -0.4 is 5.56 Å². The first-order valence-electron chi connectivity index (χ1n) is 9.86. The number of allylic oxidation sites excluding steroid dienone is 2. The van der Waals surface area contributed by atoms with Crippen molar-refractivity contribution in [2.75, 3.05) is 20.1 Å². The molecule has 1 atom stereocenters. The van der Waals surface area contributed by atoms with E-state index in [4.69, 9.17) is 4.98 Å². The Balaban J connectivity index is 1.49. The third-order valence-electron chi connectivity index (χ3n) is 5.90. The summed E-state index contributed by atoms with van der Waals surface area (Å²) in [5.41, 5.74) is 4.52. The molecule has 0 spiro atoms. The van der Waals surface area contributed by atoms with Gasteiger partial charge < -0.3 is 4.90 Å². The number of aromatic nitrogens is 2. The van der Waals surface area contributed by atoms with Crippen molar-refractivity contribution in [3.63, 3.8) is 0 Å². The highest BCUT2D eigenvalue weighted by molar-refractivity contribution is 6.28. The highest BCUT2D eigenvalue weighted by Gasteiger charge is 2.26. The van der Waals surface area contributed by atoms with E-state index in [0.29, 0.717) is 17.3 Å². The normalized spacial score (nSPS) is 22.8. The average molecular weight is 374 g/mol. The van der Waals surface area contributed by atoms with Crippen molar-refractivity contribution in [3.8, 4) is 0 Å². The fourth-order valence-electron chi connectivity index (χ4n) is 4.26. The maximum Gasteiger partial charge on any atom is 0.271 e. The number of fused-ring (bicyclic) bond motifs is 2. The van der Waals surface area contributed by atoms with Gasteiger partial charge in [-0.3, -0.25) is 9.20 Å². The summed E-state index contributed by atoms with van der Waals surface area (Å²) in [4.78, 5) is 24.5. The lowest BCUT2D eigenvalue weighted by molar-refractivity contribution is -0.475. The van der Waals surface area contributed by atoms with Crippen LogP contribution >= 0.6 is 0 Å². The largest absolute Gasteiger partial charge is 0.306 e. The van der Waals surface area contributed by atoms with Crippen LogP contribution in [0.25, 0.3) is 11.2 Å². The van der Waals surface area contributed by atoms with Crippen molar-refractivity contribution in [1.29, 1.82) is 0 Å². The van der Waals surface area contributed by atoms with Gasteiger partial charge in [-0.2, -0.15) is 4.58 Å². The molecule has 3 aliphatic heterocycles. The van der Waals surface area contributed by atoms with Crippen LogP contribution in [0.15, 0.2) is 52.5 Å². The van der Waals surface area contributed by atoms with E-state index in [1.165, 1.54) is 5.56 Å². The summed E-state index contributed by atoms with van der Waals surface area (Å²) in [6.07, 6.45) is 12.3. The van der Waals surface area contributed by atoms with Gasteiger partial charge in [0.05, 0.1) is 5.69 Å². The summed E-state index contributed by atoms with van der Waals surface area (Å²) in [7, 11) is 2.16. The fraction of sp³-hybridized carbons (Fsp3) is 0.364. The number of likely N-dealkylation sites (tertiary alicyclic amines) is 1. The molecule has 2 aromatic rings. The smallest absolute Gasteiger partial charge is 0.271 e. The van der Waals surface area contributed by atoms with Crippen molar-refractivity contribution >= 4 is 23.1 Å². The van der Waals surface area contributed by atoms with Gasteiger partial charge in [0.1, 0.15) is 11.4 Å². The molecule has 1 fully saturated rings. The second-order valence-corrected chi connectivity index (χ2v) is 7.95. The molecule has 5 heterocycles. The van der Waals surface area contributed by atoms with Crippen molar-refractivity contribution in [3.05, 3.63) is 64.4 Å². The highest BCUT2D eigenvalue weighted by atomic mass is 16.1. The number of hydrogen-bond acceptors (Lipinski definition) is 4. The van der Waals surface area contributed by atoms with Gasteiger partial charge in [0.2, 0.25) is 0 Å². The zero-order valence-corrected chi connectivity index (χ0v) is 16.2. The Labute approximate surface area is 163 Å². The first kappa shape index (κ1) is 17.3. The molecule has 0 N–H and O–H groups in total. The van der Waals surface area contributed by atoms with Gasteiger partial charge in [0, 0.05) is 30.0 Å². The van der Waals surface area contributed by atoms with E-state index in [0.717, 1.165) is 37.2 Å². The predicted octanol–water partition coefficient (Wildman–Crippen LogP) is 2.30. The summed E-state index contributed by atoms with van der Waals surface area (Å²) in [6, 6.07) is 5.74. The predicted molar refractivity (Wildman–Crippen MR) is 111 cm³/mol. The summed E-state index contributed by atoms with van der Waals surface area (Å²) in [5.74, 6) is 0.516. The van der Waals surface area contributed by atoms with Gasteiger partial charge in [-0.25, -0.2) is 9.98 Å². The van der Waals surface area contributed by atoms with Crippen LogP contribution in [0, 0.1) is 0 Å². The molecule has 0 aliphatic carbocycles. The molecule has 28 heavy (non-hydrogen) atoms. The Morgan fingerprint density at radius 3 is 2.86 bits per heavy atom. The monoisotopic (exact) mass is 374 g/mol. The van der Waals surface area contributed by atoms with Crippen LogP contribution in [0.3, 0.4) is 0 Å². The third kappa shape index (κ3) is 3.03. The summed E-state index contributed by atoms with van der Waals surface area (Å²) >= 11 is 0. The van der Waals surface area contributed by atoms with E-state index in [2.05, 4.69) is 33.7 Å². The Bertz CT molecular complexity index is 1130. The van der Waals surface area contributed by atoms with Crippen LogP contribution in [0.5, 0.6) is 0 Å². The highest BCUT2D eigenvalue weighted by Crippen LogP contribution is 2.27. The number of rotatable bonds is 2.